The van der Waals surface area contributed by atoms with Crippen molar-refractivity contribution in [3.63, 3.8) is 0 Å². The van der Waals surface area contributed by atoms with Crippen LogP contribution in [0.2, 0.25) is 0 Å². The van der Waals surface area contributed by atoms with E-state index in [2.05, 4.69) is 127 Å². The van der Waals surface area contributed by atoms with E-state index < -0.39 is 0 Å². The SMILES string of the molecule is CCN1/C(=C/C(=C\c2sc3ccccc3[n+]2CC)/C=C/c2ccc(C)cc2)Sc2ccccc21. The van der Waals surface area contributed by atoms with Crippen LogP contribution in [0.3, 0.4) is 0 Å². The zero-order valence-electron chi connectivity index (χ0n) is 19.9. The van der Waals surface area contributed by atoms with Crippen LogP contribution >= 0.6 is 23.1 Å². The molecule has 0 unspecified atom stereocenters. The third-order valence-corrected chi connectivity index (χ3v) is 8.26. The van der Waals surface area contributed by atoms with Crippen LogP contribution in [0.15, 0.2) is 100 Å². The second kappa shape index (κ2) is 10.0. The molecule has 0 atom stereocenters. The lowest BCUT2D eigenvalue weighted by Crippen LogP contribution is -2.33. The second-order valence-corrected chi connectivity index (χ2v) is 10.5. The zero-order valence-corrected chi connectivity index (χ0v) is 21.5. The maximum atomic E-state index is 2.41. The van der Waals surface area contributed by atoms with Gasteiger partial charge in [0.25, 0.3) is 5.01 Å². The van der Waals surface area contributed by atoms with Crippen molar-refractivity contribution >= 4 is 51.2 Å². The number of hydrogen-bond acceptors (Lipinski definition) is 3. The van der Waals surface area contributed by atoms with Gasteiger partial charge in [-0.2, -0.15) is 4.57 Å². The van der Waals surface area contributed by atoms with Crippen molar-refractivity contribution < 1.29 is 4.57 Å². The van der Waals surface area contributed by atoms with Gasteiger partial charge in [-0.25, -0.2) is 0 Å². The molecule has 5 rings (SSSR count). The molecule has 1 aliphatic heterocycles. The summed E-state index contributed by atoms with van der Waals surface area (Å²) in [4.78, 5) is 3.73. The summed E-state index contributed by atoms with van der Waals surface area (Å²) in [5.41, 5.74) is 6.29. The molecular formula is C30H29N2S2+. The number of aryl methyl sites for hydroxylation is 2. The van der Waals surface area contributed by atoms with Gasteiger partial charge in [0.15, 0.2) is 0 Å². The molecule has 0 amide bonds. The third-order valence-electron chi connectivity index (χ3n) is 6.03. The van der Waals surface area contributed by atoms with Crippen molar-refractivity contribution in [3.05, 3.63) is 112 Å². The van der Waals surface area contributed by atoms with Gasteiger partial charge in [0.2, 0.25) is 5.52 Å². The van der Waals surface area contributed by atoms with Crippen molar-refractivity contribution in [2.24, 2.45) is 0 Å². The number of rotatable bonds is 6. The predicted molar refractivity (Wildman–Crippen MR) is 149 cm³/mol. The summed E-state index contributed by atoms with van der Waals surface area (Å²) in [5, 5.41) is 2.54. The number of nitrogens with zero attached hydrogens (tertiary/aromatic N) is 2. The number of aromatic nitrogens is 1. The number of fused-ring (bicyclic) bond motifs is 2. The molecule has 170 valence electrons. The highest BCUT2D eigenvalue weighted by atomic mass is 32.2. The van der Waals surface area contributed by atoms with Gasteiger partial charge in [-0.15, -0.1) is 0 Å². The topological polar surface area (TPSA) is 7.12 Å². The Morgan fingerprint density at radius 2 is 1.71 bits per heavy atom. The molecule has 0 radical (unpaired) electrons. The first-order valence-corrected chi connectivity index (χ1v) is 13.4. The second-order valence-electron chi connectivity index (χ2n) is 8.34. The molecule has 0 aliphatic carbocycles. The molecule has 0 saturated carbocycles. The Labute approximate surface area is 210 Å². The van der Waals surface area contributed by atoms with Gasteiger partial charge in [0.1, 0.15) is 11.2 Å². The fraction of sp³-hybridized carbons (Fsp3) is 0.167. The molecule has 2 nitrogen and oxygen atoms in total. The summed E-state index contributed by atoms with van der Waals surface area (Å²) in [5.74, 6) is 0. The lowest BCUT2D eigenvalue weighted by atomic mass is 10.1. The summed E-state index contributed by atoms with van der Waals surface area (Å²) in [7, 11) is 0. The lowest BCUT2D eigenvalue weighted by molar-refractivity contribution is -0.665. The van der Waals surface area contributed by atoms with Gasteiger partial charge >= 0.3 is 0 Å². The molecule has 3 aromatic carbocycles. The van der Waals surface area contributed by atoms with E-state index in [0.29, 0.717) is 0 Å². The van der Waals surface area contributed by atoms with Crippen molar-refractivity contribution in [3.8, 4) is 0 Å². The van der Waals surface area contributed by atoms with E-state index in [1.807, 2.05) is 23.1 Å². The van der Waals surface area contributed by atoms with Crippen LogP contribution in [-0.4, -0.2) is 6.54 Å². The Morgan fingerprint density at radius 1 is 0.941 bits per heavy atom. The normalized spacial score (nSPS) is 15.1. The molecule has 1 aliphatic rings. The summed E-state index contributed by atoms with van der Waals surface area (Å²) >= 11 is 3.71. The predicted octanol–water partition coefficient (Wildman–Crippen LogP) is 8.09. The Morgan fingerprint density at radius 3 is 2.50 bits per heavy atom. The Bertz CT molecular complexity index is 1410. The van der Waals surface area contributed by atoms with Crippen LogP contribution in [0.1, 0.15) is 30.0 Å². The highest BCUT2D eigenvalue weighted by molar-refractivity contribution is 8.03. The van der Waals surface area contributed by atoms with Crippen molar-refractivity contribution in [2.45, 2.75) is 32.2 Å². The van der Waals surface area contributed by atoms with Gasteiger partial charge in [0, 0.05) is 23.6 Å². The van der Waals surface area contributed by atoms with E-state index in [1.165, 1.54) is 47.5 Å². The first-order chi connectivity index (χ1) is 16.7. The molecule has 34 heavy (non-hydrogen) atoms. The first-order valence-electron chi connectivity index (χ1n) is 11.8. The lowest BCUT2D eigenvalue weighted by Gasteiger charge is -2.18. The zero-order chi connectivity index (χ0) is 23.5. The number of hydrogen-bond donors (Lipinski definition) is 0. The van der Waals surface area contributed by atoms with Gasteiger partial charge in [0.05, 0.1) is 10.7 Å². The molecule has 0 saturated heterocycles. The van der Waals surface area contributed by atoms with Gasteiger partial charge in [-0.3, -0.25) is 0 Å². The Kier molecular flexibility index (Phi) is 6.70. The van der Waals surface area contributed by atoms with Crippen molar-refractivity contribution in [1.29, 1.82) is 0 Å². The molecule has 0 bridgehead atoms. The minimum absolute atomic E-state index is 0.947. The highest BCUT2D eigenvalue weighted by Crippen LogP contribution is 2.46. The van der Waals surface area contributed by atoms with Crippen molar-refractivity contribution in [1.82, 2.24) is 0 Å². The molecule has 0 spiro atoms. The molecule has 4 heteroatoms. The Balaban J connectivity index is 1.60. The number of benzene rings is 3. The van der Waals surface area contributed by atoms with E-state index in [9.17, 15) is 0 Å². The van der Waals surface area contributed by atoms with Gasteiger partial charge in [-0.1, -0.05) is 89.3 Å². The average molecular weight is 482 g/mol. The monoisotopic (exact) mass is 481 g/mol. The standard InChI is InChI=1S/C30H29N2S2/c1-4-31-25-10-6-8-12-27(25)33-29(31)20-24(19-18-23-16-14-22(3)15-17-23)21-30-32(5-2)26-11-7-9-13-28(26)34-30/h6-21H,4-5H2,1-3H3/q+1/b19-18+. The molecular weight excluding hydrogens is 452 g/mol. The fourth-order valence-electron chi connectivity index (χ4n) is 4.27. The van der Waals surface area contributed by atoms with Crippen LogP contribution in [0.5, 0.6) is 0 Å². The molecule has 0 N–H and O–H groups in total. The number of para-hydroxylation sites is 2. The molecule has 1 aromatic heterocycles. The van der Waals surface area contributed by atoms with E-state index in [-0.39, 0.29) is 0 Å². The van der Waals surface area contributed by atoms with Crippen LogP contribution in [0.25, 0.3) is 22.4 Å². The summed E-state index contributed by atoms with van der Waals surface area (Å²) in [6, 6.07) is 26.1. The fourth-order valence-corrected chi connectivity index (χ4v) is 6.64. The van der Waals surface area contributed by atoms with Gasteiger partial charge in [-0.05, 0) is 56.2 Å². The van der Waals surface area contributed by atoms with Crippen LogP contribution in [0.4, 0.5) is 5.69 Å². The van der Waals surface area contributed by atoms with Crippen molar-refractivity contribution in [2.75, 3.05) is 11.4 Å². The number of anilines is 1. The summed E-state index contributed by atoms with van der Waals surface area (Å²) in [6.45, 7) is 8.46. The van der Waals surface area contributed by atoms with E-state index in [4.69, 9.17) is 0 Å². The van der Waals surface area contributed by atoms with Crippen LogP contribution in [-0.2, 0) is 6.54 Å². The van der Waals surface area contributed by atoms with E-state index in [0.717, 1.165) is 13.1 Å². The summed E-state index contributed by atoms with van der Waals surface area (Å²) < 4.78 is 3.73. The average Bonchev–Trinajstić information content (AvgIpc) is 3.40. The minimum Gasteiger partial charge on any atom is -0.335 e. The van der Waals surface area contributed by atoms with Crippen LogP contribution in [0, 0.1) is 6.92 Å². The largest absolute Gasteiger partial charge is 0.335 e. The molecule has 2 heterocycles. The number of allylic oxidation sites excluding steroid dienone is 3. The maximum Gasteiger partial charge on any atom is 0.263 e. The molecule has 4 aromatic rings. The summed E-state index contributed by atoms with van der Waals surface area (Å²) in [6.07, 6.45) is 9.14. The van der Waals surface area contributed by atoms with E-state index in [1.54, 1.807) is 0 Å². The minimum atomic E-state index is 0.947. The van der Waals surface area contributed by atoms with E-state index >= 15 is 0 Å². The molecule has 0 fully saturated rings. The van der Waals surface area contributed by atoms with Crippen LogP contribution < -0.4 is 9.47 Å². The maximum absolute atomic E-state index is 2.41. The highest BCUT2D eigenvalue weighted by Gasteiger charge is 2.24. The number of thiazole rings is 1. The quantitative estimate of drug-likeness (QED) is 0.203. The smallest absolute Gasteiger partial charge is 0.263 e. The third kappa shape index (κ3) is 4.61. The number of thioether (sulfide) groups is 1. The Hall–Kier alpha value is -3.08. The first kappa shape index (κ1) is 22.7. The van der Waals surface area contributed by atoms with Gasteiger partial charge < -0.3 is 4.90 Å².